The Labute approximate surface area is 118 Å². The molecule has 0 N–H and O–H groups in total. The van der Waals surface area contributed by atoms with Crippen LogP contribution in [0.4, 0.5) is 11.4 Å². The molecule has 0 unspecified atom stereocenters. The Hall–Kier alpha value is -2.13. The van der Waals surface area contributed by atoms with Gasteiger partial charge in [0.1, 0.15) is 11.6 Å². The third-order valence-electron chi connectivity index (χ3n) is 3.69. The van der Waals surface area contributed by atoms with Gasteiger partial charge in [0.2, 0.25) is 0 Å². The summed E-state index contributed by atoms with van der Waals surface area (Å²) in [6, 6.07) is 6.58. The van der Waals surface area contributed by atoms with Crippen LogP contribution < -0.4 is 4.90 Å². The molecule has 0 aromatic heterocycles. The number of hydrogen-bond acceptors (Lipinski definition) is 5. The molecule has 0 spiro atoms. The van der Waals surface area contributed by atoms with Crippen LogP contribution in [0.2, 0.25) is 0 Å². The van der Waals surface area contributed by atoms with E-state index in [1.807, 2.05) is 18.0 Å². The Morgan fingerprint density at radius 2 is 2.15 bits per heavy atom. The van der Waals surface area contributed by atoms with Crippen LogP contribution in [0.3, 0.4) is 0 Å². The second-order valence-corrected chi connectivity index (χ2v) is 5.04. The highest BCUT2D eigenvalue weighted by Crippen LogP contribution is 2.23. The fourth-order valence-corrected chi connectivity index (χ4v) is 2.44. The summed E-state index contributed by atoms with van der Waals surface area (Å²) in [6.45, 7) is 4.13. The average molecular weight is 274 g/mol. The third kappa shape index (κ3) is 3.25. The number of nitriles is 1. The largest absolute Gasteiger partial charge is 0.373 e. The lowest BCUT2D eigenvalue weighted by Gasteiger charge is -2.23. The molecule has 1 fully saturated rings. The highest BCUT2D eigenvalue weighted by atomic mass is 16.6. The minimum absolute atomic E-state index is 0.112. The summed E-state index contributed by atoms with van der Waals surface area (Å²) >= 11 is 0. The second-order valence-electron chi connectivity index (χ2n) is 5.04. The van der Waals surface area contributed by atoms with Crippen molar-refractivity contribution in [2.24, 2.45) is 0 Å². The molecule has 2 rings (SSSR count). The monoisotopic (exact) mass is 274 g/mol. The van der Waals surface area contributed by atoms with Gasteiger partial charge in [-0.15, -0.1) is 0 Å². The van der Waals surface area contributed by atoms with Crippen LogP contribution in [-0.2, 0) is 0 Å². The molecule has 1 aliphatic rings. The number of likely N-dealkylation sites (tertiary alicyclic amines) is 1. The molecule has 0 radical (unpaired) electrons. The summed E-state index contributed by atoms with van der Waals surface area (Å²) in [5, 5.41) is 19.8. The molecular weight excluding hydrogens is 256 g/mol. The van der Waals surface area contributed by atoms with Crippen LogP contribution in [0.15, 0.2) is 18.2 Å². The fraction of sp³-hybridized carbons (Fsp3) is 0.500. The van der Waals surface area contributed by atoms with Gasteiger partial charge in [0.25, 0.3) is 5.69 Å². The molecule has 0 aliphatic carbocycles. The van der Waals surface area contributed by atoms with E-state index in [-0.39, 0.29) is 11.3 Å². The van der Waals surface area contributed by atoms with Crippen molar-refractivity contribution in [3.63, 3.8) is 0 Å². The smallest absolute Gasteiger partial charge is 0.287 e. The number of nitrogens with zero attached hydrogens (tertiary/aromatic N) is 4. The first kappa shape index (κ1) is 14.3. The zero-order chi connectivity index (χ0) is 14.5. The van der Waals surface area contributed by atoms with Crippen LogP contribution >= 0.6 is 0 Å². The first-order chi connectivity index (χ1) is 9.61. The summed E-state index contributed by atoms with van der Waals surface area (Å²) in [5.74, 6) is 0. The Balaban J connectivity index is 2.04. The lowest BCUT2D eigenvalue weighted by Crippen LogP contribution is -2.31. The van der Waals surface area contributed by atoms with E-state index >= 15 is 0 Å². The topological polar surface area (TPSA) is 73.4 Å². The molecule has 0 atom stereocenters. The van der Waals surface area contributed by atoms with Gasteiger partial charge in [-0.3, -0.25) is 10.1 Å². The lowest BCUT2D eigenvalue weighted by molar-refractivity contribution is -0.385. The predicted molar refractivity (Wildman–Crippen MR) is 76.8 cm³/mol. The normalized spacial score (nSPS) is 15.0. The lowest BCUT2D eigenvalue weighted by atomic mass is 10.1. The molecule has 1 aliphatic heterocycles. The Morgan fingerprint density at radius 1 is 1.45 bits per heavy atom. The summed E-state index contributed by atoms with van der Waals surface area (Å²) in [6.07, 6.45) is 2.53. The molecule has 6 heteroatoms. The maximum Gasteiger partial charge on any atom is 0.287 e. The van der Waals surface area contributed by atoms with E-state index in [4.69, 9.17) is 5.26 Å². The summed E-state index contributed by atoms with van der Waals surface area (Å²) in [7, 11) is 1.94. The number of hydrogen-bond donors (Lipinski definition) is 0. The zero-order valence-corrected chi connectivity index (χ0v) is 11.6. The van der Waals surface area contributed by atoms with Gasteiger partial charge in [-0.25, -0.2) is 0 Å². The van der Waals surface area contributed by atoms with Crippen LogP contribution in [0.5, 0.6) is 0 Å². The van der Waals surface area contributed by atoms with Crippen LogP contribution in [-0.4, -0.2) is 43.0 Å². The SMILES string of the molecule is CN(CCN1CCCC1)c1ccc([N+](=O)[O-])c(C#N)c1. The highest BCUT2D eigenvalue weighted by molar-refractivity contribution is 5.59. The molecule has 0 amide bonds. The molecule has 20 heavy (non-hydrogen) atoms. The number of nitro benzene ring substituents is 1. The Kier molecular flexibility index (Phi) is 4.53. The summed E-state index contributed by atoms with van der Waals surface area (Å²) < 4.78 is 0. The van der Waals surface area contributed by atoms with Crippen molar-refractivity contribution in [1.82, 2.24) is 4.90 Å². The molecule has 1 aromatic rings. The molecule has 6 nitrogen and oxygen atoms in total. The van der Waals surface area contributed by atoms with E-state index < -0.39 is 4.92 Å². The van der Waals surface area contributed by atoms with Crippen LogP contribution in [0, 0.1) is 21.4 Å². The fourth-order valence-electron chi connectivity index (χ4n) is 2.44. The second kappa shape index (κ2) is 6.35. The van der Waals surface area contributed by atoms with Crippen molar-refractivity contribution in [3.8, 4) is 6.07 Å². The van der Waals surface area contributed by atoms with Gasteiger partial charge >= 0.3 is 0 Å². The highest BCUT2D eigenvalue weighted by Gasteiger charge is 2.16. The Bertz CT molecular complexity index is 532. The van der Waals surface area contributed by atoms with Gasteiger partial charge in [-0.2, -0.15) is 5.26 Å². The van der Waals surface area contributed by atoms with Crippen LogP contribution in [0.25, 0.3) is 0 Å². The maximum atomic E-state index is 10.8. The standard InChI is InChI=1S/C14H18N4O2/c1-16(8-9-17-6-2-3-7-17)13-4-5-14(18(19)20)12(10-13)11-15/h4-5,10H,2-3,6-9H2,1H3. The number of nitro groups is 1. The number of benzene rings is 1. The van der Waals surface area contributed by atoms with Gasteiger partial charge in [0, 0.05) is 31.9 Å². The van der Waals surface area contributed by atoms with Crippen molar-refractivity contribution >= 4 is 11.4 Å². The minimum atomic E-state index is -0.521. The van der Waals surface area contributed by atoms with Gasteiger partial charge in [0.05, 0.1) is 4.92 Å². The molecule has 1 heterocycles. The number of likely N-dealkylation sites (N-methyl/N-ethyl adjacent to an activating group) is 1. The summed E-state index contributed by atoms with van der Waals surface area (Å²) in [5.41, 5.74) is 0.816. The van der Waals surface area contributed by atoms with E-state index in [1.54, 1.807) is 12.1 Å². The van der Waals surface area contributed by atoms with E-state index in [0.29, 0.717) is 0 Å². The van der Waals surface area contributed by atoms with Crippen LogP contribution in [0.1, 0.15) is 18.4 Å². The van der Waals surface area contributed by atoms with Gasteiger partial charge < -0.3 is 9.80 Å². The molecule has 1 saturated heterocycles. The quantitative estimate of drug-likeness (QED) is 0.606. The first-order valence-electron chi connectivity index (χ1n) is 6.74. The van der Waals surface area contributed by atoms with Gasteiger partial charge in [-0.1, -0.05) is 0 Å². The first-order valence-corrected chi connectivity index (χ1v) is 6.74. The molecule has 1 aromatic carbocycles. The van der Waals surface area contributed by atoms with Crippen molar-refractivity contribution in [2.45, 2.75) is 12.8 Å². The summed E-state index contributed by atoms with van der Waals surface area (Å²) in [4.78, 5) is 14.7. The van der Waals surface area contributed by atoms with Crippen molar-refractivity contribution in [1.29, 1.82) is 5.26 Å². The minimum Gasteiger partial charge on any atom is -0.373 e. The molecule has 106 valence electrons. The van der Waals surface area contributed by atoms with Gasteiger partial charge in [-0.05, 0) is 38.1 Å². The number of rotatable bonds is 5. The van der Waals surface area contributed by atoms with Gasteiger partial charge in [0.15, 0.2) is 0 Å². The third-order valence-corrected chi connectivity index (χ3v) is 3.69. The van der Waals surface area contributed by atoms with E-state index in [2.05, 4.69) is 4.90 Å². The maximum absolute atomic E-state index is 10.8. The Morgan fingerprint density at radius 3 is 2.75 bits per heavy atom. The van der Waals surface area contributed by atoms with E-state index in [9.17, 15) is 10.1 Å². The van der Waals surface area contributed by atoms with Crippen molar-refractivity contribution in [2.75, 3.05) is 38.1 Å². The van der Waals surface area contributed by atoms with E-state index in [1.165, 1.54) is 18.9 Å². The zero-order valence-electron chi connectivity index (χ0n) is 11.6. The number of anilines is 1. The molecule has 0 bridgehead atoms. The van der Waals surface area contributed by atoms with Crippen molar-refractivity contribution < 1.29 is 4.92 Å². The predicted octanol–water partition coefficient (Wildman–Crippen LogP) is 2.00. The van der Waals surface area contributed by atoms with E-state index in [0.717, 1.165) is 31.9 Å². The molecule has 0 saturated carbocycles. The molecular formula is C14H18N4O2. The van der Waals surface area contributed by atoms with Crippen molar-refractivity contribution in [3.05, 3.63) is 33.9 Å². The average Bonchev–Trinajstić information content (AvgIpc) is 2.97.